The number of hydrogen-bond donors (Lipinski definition) is 1. The summed E-state index contributed by atoms with van der Waals surface area (Å²) in [6.07, 6.45) is 0. The molecular formula is C25H18ClN3O. The Kier molecular flexibility index (Phi) is 4.83. The second-order valence-electron chi connectivity index (χ2n) is 6.75. The van der Waals surface area contributed by atoms with Gasteiger partial charge in [-0.05, 0) is 42.5 Å². The Balaban J connectivity index is 1.72. The van der Waals surface area contributed by atoms with E-state index in [0.29, 0.717) is 10.9 Å². The summed E-state index contributed by atoms with van der Waals surface area (Å²) >= 11 is 6.52. The largest absolute Gasteiger partial charge is 0.440 e. The monoisotopic (exact) mass is 411 g/mol. The van der Waals surface area contributed by atoms with Crippen LogP contribution < -0.4 is 10.1 Å². The lowest BCUT2D eigenvalue weighted by Crippen LogP contribution is -2.00. The van der Waals surface area contributed by atoms with Gasteiger partial charge in [0.2, 0.25) is 5.88 Å². The predicted octanol–water partition coefficient (Wildman–Crippen LogP) is 7.19. The van der Waals surface area contributed by atoms with Crippen molar-refractivity contribution in [2.45, 2.75) is 0 Å². The summed E-state index contributed by atoms with van der Waals surface area (Å²) < 4.78 is 8.17. The summed E-state index contributed by atoms with van der Waals surface area (Å²) in [5.74, 6) is 2.20. The highest BCUT2D eigenvalue weighted by molar-refractivity contribution is 6.33. The van der Waals surface area contributed by atoms with E-state index in [-0.39, 0.29) is 0 Å². The Morgan fingerprint density at radius 2 is 1.43 bits per heavy atom. The minimum Gasteiger partial charge on any atom is -0.440 e. The summed E-state index contributed by atoms with van der Waals surface area (Å²) in [4.78, 5) is 4.88. The maximum Gasteiger partial charge on any atom is 0.207 e. The number of pyridine rings is 1. The number of nitrogens with zero attached hydrogens (tertiary/aromatic N) is 2. The number of ether oxygens (including phenoxy) is 1. The summed E-state index contributed by atoms with van der Waals surface area (Å²) in [7, 11) is 0. The number of nitrogens with one attached hydrogen (secondary N) is 1. The van der Waals surface area contributed by atoms with Crippen molar-refractivity contribution in [2.24, 2.45) is 0 Å². The molecule has 2 heterocycles. The minimum absolute atomic E-state index is 0.641. The molecule has 30 heavy (non-hydrogen) atoms. The van der Waals surface area contributed by atoms with Crippen molar-refractivity contribution in [2.75, 3.05) is 5.32 Å². The van der Waals surface area contributed by atoms with E-state index in [9.17, 15) is 0 Å². The smallest absolute Gasteiger partial charge is 0.207 e. The van der Waals surface area contributed by atoms with E-state index in [1.807, 2.05) is 108 Å². The Morgan fingerprint density at radius 1 is 0.733 bits per heavy atom. The fourth-order valence-corrected chi connectivity index (χ4v) is 3.59. The Hall–Kier alpha value is -3.76. The van der Waals surface area contributed by atoms with Gasteiger partial charge in [0.25, 0.3) is 0 Å². The molecule has 0 amide bonds. The third-order valence-electron chi connectivity index (χ3n) is 4.74. The number of anilines is 2. The number of fused-ring (bicyclic) bond motifs is 1. The van der Waals surface area contributed by atoms with Crippen molar-refractivity contribution < 1.29 is 4.74 Å². The van der Waals surface area contributed by atoms with E-state index in [4.69, 9.17) is 21.3 Å². The fraction of sp³-hybridized carbons (Fsp3) is 0. The maximum absolute atomic E-state index is 6.52. The molecule has 0 aliphatic rings. The standard InChI is InChI=1S/C25H18ClN3O/c26-21-15-8-7-14-20(21)24-25(27-18-10-3-1-4-11-18)29-22(28-24)16-9-17-23(29)30-19-12-5-2-6-13-19/h1-17,27H. The molecule has 0 saturated heterocycles. The Bertz CT molecular complexity index is 1300. The number of imidazole rings is 1. The molecule has 5 aromatic rings. The van der Waals surface area contributed by atoms with E-state index in [2.05, 4.69) is 5.32 Å². The van der Waals surface area contributed by atoms with E-state index in [1.165, 1.54) is 0 Å². The van der Waals surface area contributed by atoms with E-state index in [0.717, 1.165) is 34.2 Å². The van der Waals surface area contributed by atoms with Crippen LogP contribution in [-0.2, 0) is 0 Å². The van der Waals surface area contributed by atoms with Crippen LogP contribution in [0.15, 0.2) is 103 Å². The first-order valence-electron chi connectivity index (χ1n) is 9.61. The molecule has 4 nitrogen and oxygen atoms in total. The SMILES string of the molecule is Clc1ccccc1-c1nc2cccc(Oc3ccccc3)n2c1Nc1ccccc1. The van der Waals surface area contributed by atoms with Crippen LogP contribution in [0.3, 0.4) is 0 Å². The van der Waals surface area contributed by atoms with Crippen LogP contribution in [-0.4, -0.2) is 9.38 Å². The first-order chi connectivity index (χ1) is 14.8. The molecule has 146 valence electrons. The van der Waals surface area contributed by atoms with Gasteiger partial charge in [-0.15, -0.1) is 0 Å². The molecule has 1 N–H and O–H groups in total. The van der Waals surface area contributed by atoms with Crippen LogP contribution in [0.1, 0.15) is 0 Å². The van der Waals surface area contributed by atoms with Crippen molar-refractivity contribution in [1.29, 1.82) is 0 Å². The lowest BCUT2D eigenvalue weighted by molar-refractivity contribution is 0.457. The van der Waals surface area contributed by atoms with Crippen molar-refractivity contribution in [1.82, 2.24) is 9.38 Å². The molecule has 0 saturated carbocycles. The molecule has 0 atom stereocenters. The van der Waals surface area contributed by atoms with Crippen LogP contribution in [0, 0.1) is 0 Å². The molecule has 0 spiro atoms. The maximum atomic E-state index is 6.52. The average molecular weight is 412 g/mol. The number of para-hydroxylation sites is 2. The summed E-state index contributed by atoms with van der Waals surface area (Å²) in [6.45, 7) is 0. The van der Waals surface area contributed by atoms with Gasteiger partial charge in [0.05, 0.1) is 5.02 Å². The van der Waals surface area contributed by atoms with Crippen LogP contribution in [0.5, 0.6) is 11.6 Å². The zero-order chi connectivity index (χ0) is 20.3. The Labute approximate surface area is 179 Å². The second kappa shape index (κ2) is 7.93. The van der Waals surface area contributed by atoms with Gasteiger partial charge in [0.1, 0.15) is 22.9 Å². The molecule has 0 radical (unpaired) electrons. The zero-order valence-corrected chi connectivity index (χ0v) is 16.8. The van der Waals surface area contributed by atoms with Gasteiger partial charge >= 0.3 is 0 Å². The lowest BCUT2D eigenvalue weighted by atomic mass is 10.1. The quantitative estimate of drug-likeness (QED) is 0.332. The normalized spacial score (nSPS) is 10.8. The topological polar surface area (TPSA) is 38.6 Å². The number of aromatic nitrogens is 2. The van der Waals surface area contributed by atoms with Crippen LogP contribution in [0.25, 0.3) is 16.9 Å². The summed E-state index contributed by atoms with van der Waals surface area (Å²) in [6, 6.07) is 33.2. The van der Waals surface area contributed by atoms with Crippen molar-refractivity contribution in [3.05, 3.63) is 108 Å². The van der Waals surface area contributed by atoms with Gasteiger partial charge in [-0.1, -0.05) is 72.3 Å². The first kappa shape index (κ1) is 18.3. The molecule has 0 unspecified atom stereocenters. The Morgan fingerprint density at radius 3 is 2.20 bits per heavy atom. The molecule has 3 aromatic carbocycles. The van der Waals surface area contributed by atoms with Crippen molar-refractivity contribution >= 4 is 28.8 Å². The molecule has 0 aliphatic heterocycles. The van der Waals surface area contributed by atoms with Crippen LogP contribution >= 0.6 is 11.6 Å². The molecule has 0 bridgehead atoms. The molecule has 0 fully saturated rings. The highest BCUT2D eigenvalue weighted by atomic mass is 35.5. The number of halogens is 1. The van der Waals surface area contributed by atoms with Gasteiger partial charge in [-0.3, -0.25) is 0 Å². The van der Waals surface area contributed by atoms with Crippen molar-refractivity contribution in [3.63, 3.8) is 0 Å². The van der Waals surface area contributed by atoms with Gasteiger partial charge < -0.3 is 10.1 Å². The third-order valence-corrected chi connectivity index (χ3v) is 5.07. The minimum atomic E-state index is 0.641. The molecule has 5 heteroatoms. The van der Waals surface area contributed by atoms with E-state index >= 15 is 0 Å². The second-order valence-corrected chi connectivity index (χ2v) is 7.16. The van der Waals surface area contributed by atoms with Gasteiger partial charge in [-0.2, -0.15) is 0 Å². The number of rotatable bonds is 5. The van der Waals surface area contributed by atoms with E-state index in [1.54, 1.807) is 0 Å². The van der Waals surface area contributed by atoms with Crippen LogP contribution in [0.2, 0.25) is 5.02 Å². The highest BCUT2D eigenvalue weighted by Gasteiger charge is 2.19. The summed E-state index contributed by atoms with van der Waals surface area (Å²) in [5, 5.41) is 4.15. The predicted molar refractivity (Wildman–Crippen MR) is 122 cm³/mol. The lowest BCUT2D eigenvalue weighted by Gasteiger charge is -2.13. The van der Waals surface area contributed by atoms with Gasteiger partial charge in [-0.25, -0.2) is 9.38 Å². The highest BCUT2D eigenvalue weighted by Crippen LogP contribution is 2.37. The molecule has 5 rings (SSSR count). The average Bonchev–Trinajstić information content (AvgIpc) is 3.14. The zero-order valence-electron chi connectivity index (χ0n) is 16.0. The summed E-state index contributed by atoms with van der Waals surface area (Å²) in [5.41, 5.74) is 3.32. The fourth-order valence-electron chi connectivity index (χ4n) is 3.37. The molecular weight excluding hydrogens is 394 g/mol. The van der Waals surface area contributed by atoms with E-state index < -0.39 is 0 Å². The number of hydrogen-bond acceptors (Lipinski definition) is 3. The molecule has 2 aromatic heterocycles. The van der Waals surface area contributed by atoms with Gasteiger partial charge in [0.15, 0.2) is 0 Å². The van der Waals surface area contributed by atoms with Gasteiger partial charge in [0, 0.05) is 11.3 Å². The third kappa shape index (κ3) is 3.49. The van der Waals surface area contributed by atoms with Crippen molar-refractivity contribution in [3.8, 4) is 22.9 Å². The molecule has 0 aliphatic carbocycles. The van der Waals surface area contributed by atoms with Crippen LogP contribution in [0.4, 0.5) is 11.5 Å². The number of benzene rings is 3. The first-order valence-corrected chi connectivity index (χ1v) is 9.99.